The van der Waals surface area contributed by atoms with Gasteiger partial charge in [0.05, 0.1) is 13.2 Å². The van der Waals surface area contributed by atoms with E-state index >= 15 is 0 Å². The van der Waals surface area contributed by atoms with Gasteiger partial charge in [0.2, 0.25) is 5.91 Å². The molecular formula is C15H26N2O3. The third kappa shape index (κ3) is 3.32. The number of nitrogens with zero attached hydrogens (tertiary/aromatic N) is 2. The van der Waals surface area contributed by atoms with E-state index in [0.29, 0.717) is 0 Å². The maximum absolute atomic E-state index is 12.6. The van der Waals surface area contributed by atoms with Crippen molar-refractivity contribution >= 4 is 11.9 Å². The molecule has 2 rings (SSSR count). The Balaban J connectivity index is 2.02. The molecule has 5 heteroatoms. The SMILES string of the molecule is COC(=O)[C@H]1CCCCN1C(C)C(=O)N1CCCCC1. The second-order valence-electron chi connectivity index (χ2n) is 5.83. The van der Waals surface area contributed by atoms with Gasteiger partial charge in [0.15, 0.2) is 0 Å². The van der Waals surface area contributed by atoms with Gasteiger partial charge < -0.3 is 9.64 Å². The van der Waals surface area contributed by atoms with Crippen LogP contribution in [0.3, 0.4) is 0 Å². The fourth-order valence-electron chi connectivity index (χ4n) is 3.33. The van der Waals surface area contributed by atoms with Crippen LogP contribution in [0.4, 0.5) is 0 Å². The molecule has 2 heterocycles. The molecule has 0 saturated carbocycles. The van der Waals surface area contributed by atoms with Crippen LogP contribution in [0, 0.1) is 0 Å². The van der Waals surface area contributed by atoms with Crippen molar-refractivity contribution < 1.29 is 14.3 Å². The van der Waals surface area contributed by atoms with E-state index < -0.39 is 0 Å². The Morgan fingerprint density at radius 2 is 1.70 bits per heavy atom. The zero-order valence-electron chi connectivity index (χ0n) is 12.6. The zero-order chi connectivity index (χ0) is 14.5. The van der Waals surface area contributed by atoms with Crippen LogP contribution in [0.2, 0.25) is 0 Å². The molecule has 2 fully saturated rings. The van der Waals surface area contributed by atoms with Crippen LogP contribution in [0.25, 0.3) is 0 Å². The lowest BCUT2D eigenvalue weighted by molar-refractivity contribution is -0.152. The Kier molecular flexibility index (Phi) is 5.40. The van der Waals surface area contributed by atoms with Gasteiger partial charge in [0, 0.05) is 13.1 Å². The number of amides is 1. The Morgan fingerprint density at radius 1 is 1.05 bits per heavy atom. The number of piperidine rings is 2. The van der Waals surface area contributed by atoms with E-state index in [1.807, 2.05) is 16.7 Å². The van der Waals surface area contributed by atoms with Crippen LogP contribution in [0.15, 0.2) is 0 Å². The van der Waals surface area contributed by atoms with Crippen molar-refractivity contribution in [3.05, 3.63) is 0 Å². The van der Waals surface area contributed by atoms with Crippen LogP contribution in [0.5, 0.6) is 0 Å². The highest BCUT2D eigenvalue weighted by atomic mass is 16.5. The number of ether oxygens (including phenoxy) is 1. The second-order valence-corrected chi connectivity index (χ2v) is 5.83. The van der Waals surface area contributed by atoms with E-state index in [9.17, 15) is 9.59 Å². The summed E-state index contributed by atoms with van der Waals surface area (Å²) in [5.41, 5.74) is 0. The highest BCUT2D eigenvalue weighted by Crippen LogP contribution is 2.22. The predicted molar refractivity (Wildman–Crippen MR) is 76.3 cm³/mol. The minimum absolute atomic E-state index is 0.167. The molecule has 0 spiro atoms. The number of likely N-dealkylation sites (tertiary alicyclic amines) is 2. The first-order chi connectivity index (χ1) is 9.65. The number of methoxy groups -OCH3 is 1. The van der Waals surface area contributed by atoms with Gasteiger partial charge in [-0.1, -0.05) is 6.42 Å². The van der Waals surface area contributed by atoms with Crippen LogP contribution in [0.1, 0.15) is 45.4 Å². The third-order valence-corrected chi connectivity index (χ3v) is 4.54. The van der Waals surface area contributed by atoms with Gasteiger partial charge in [-0.25, -0.2) is 0 Å². The maximum Gasteiger partial charge on any atom is 0.323 e. The molecule has 1 unspecified atom stereocenters. The molecule has 2 aliphatic rings. The zero-order valence-corrected chi connectivity index (χ0v) is 12.6. The molecule has 2 atom stereocenters. The molecule has 0 aromatic carbocycles. The molecule has 20 heavy (non-hydrogen) atoms. The summed E-state index contributed by atoms with van der Waals surface area (Å²) in [7, 11) is 1.42. The molecule has 0 bridgehead atoms. The van der Waals surface area contributed by atoms with Crippen molar-refractivity contribution in [2.75, 3.05) is 26.7 Å². The summed E-state index contributed by atoms with van der Waals surface area (Å²) >= 11 is 0. The van der Waals surface area contributed by atoms with Crippen molar-refractivity contribution in [3.8, 4) is 0 Å². The molecular weight excluding hydrogens is 256 g/mol. The van der Waals surface area contributed by atoms with E-state index in [1.165, 1.54) is 13.5 Å². The molecule has 0 aromatic rings. The molecule has 0 N–H and O–H groups in total. The van der Waals surface area contributed by atoms with E-state index in [-0.39, 0.29) is 24.0 Å². The number of carbonyl (C=O) groups is 2. The average molecular weight is 282 g/mol. The summed E-state index contributed by atoms with van der Waals surface area (Å²) in [6, 6.07) is -0.477. The van der Waals surface area contributed by atoms with E-state index in [2.05, 4.69) is 0 Å². The van der Waals surface area contributed by atoms with Crippen LogP contribution >= 0.6 is 0 Å². The van der Waals surface area contributed by atoms with Gasteiger partial charge in [-0.3, -0.25) is 14.5 Å². The van der Waals surface area contributed by atoms with Crippen molar-refractivity contribution in [1.82, 2.24) is 9.80 Å². The fraction of sp³-hybridized carbons (Fsp3) is 0.867. The first-order valence-corrected chi connectivity index (χ1v) is 7.77. The fourth-order valence-corrected chi connectivity index (χ4v) is 3.33. The normalized spacial score (nSPS) is 26.1. The van der Waals surface area contributed by atoms with Gasteiger partial charge in [-0.15, -0.1) is 0 Å². The molecule has 0 aliphatic carbocycles. The Hall–Kier alpha value is -1.10. The van der Waals surface area contributed by atoms with Gasteiger partial charge >= 0.3 is 5.97 Å². The molecule has 2 aliphatic heterocycles. The number of esters is 1. The average Bonchev–Trinajstić information content (AvgIpc) is 2.53. The van der Waals surface area contributed by atoms with Crippen LogP contribution in [-0.2, 0) is 14.3 Å². The predicted octanol–water partition coefficient (Wildman–Crippen LogP) is 1.41. The van der Waals surface area contributed by atoms with Crippen LogP contribution < -0.4 is 0 Å². The molecule has 1 amide bonds. The highest BCUT2D eigenvalue weighted by Gasteiger charge is 2.36. The van der Waals surface area contributed by atoms with Gasteiger partial charge in [-0.05, 0) is 45.6 Å². The van der Waals surface area contributed by atoms with Gasteiger partial charge in [0.1, 0.15) is 6.04 Å². The first kappa shape index (κ1) is 15.3. The lowest BCUT2D eigenvalue weighted by Gasteiger charge is -2.39. The quantitative estimate of drug-likeness (QED) is 0.735. The summed E-state index contributed by atoms with van der Waals surface area (Å²) in [6.07, 6.45) is 6.28. The molecule has 2 saturated heterocycles. The topological polar surface area (TPSA) is 49.9 Å². The van der Waals surface area contributed by atoms with Gasteiger partial charge in [0.25, 0.3) is 0 Å². The second kappa shape index (κ2) is 7.07. The van der Waals surface area contributed by atoms with Crippen molar-refractivity contribution in [2.45, 2.75) is 57.5 Å². The van der Waals surface area contributed by atoms with E-state index in [1.54, 1.807) is 0 Å². The summed E-state index contributed by atoms with van der Waals surface area (Å²) in [5.74, 6) is -0.0384. The van der Waals surface area contributed by atoms with Crippen molar-refractivity contribution in [1.29, 1.82) is 0 Å². The Morgan fingerprint density at radius 3 is 2.35 bits per heavy atom. The standard InChI is InChI=1S/C15H26N2O3/c1-12(14(18)16-9-5-3-6-10-16)17-11-7-4-8-13(17)15(19)20-2/h12-13H,3-11H2,1-2H3/t12?,13-/m1/s1. The molecule has 114 valence electrons. The Labute approximate surface area is 121 Å². The largest absolute Gasteiger partial charge is 0.468 e. The Bertz CT molecular complexity index is 353. The van der Waals surface area contributed by atoms with Crippen LogP contribution in [-0.4, -0.2) is 60.5 Å². The third-order valence-electron chi connectivity index (χ3n) is 4.54. The molecule has 0 radical (unpaired) electrons. The summed E-state index contributed by atoms with van der Waals surface area (Å²) < 4.78 is 4.89. The number of hydrogen-bond acceptors (Lipinski definition) is 4. The monoisotopic (exact) mass is 282 g/mol. The summed E-state index contributed by atoms with van der Waals surface area (Å²) in [5, 5.41) is 0. The smallest absolute Gasteiger partial charge is 0.323 e. The van der Waals surface area contributed by atoms with Crippen molar-refractivity contribution in [2.24, 2.45) is 0 Å². The minimum Gasteiger partial charge on any atom is -0.468 e. The number of hydrogen-bond donors (Lipinski definition) is 0. The lowest BCUT2D eigenvalue weighted by Crippen LogP contribution is -2.55. The lowest BCUT2D eigenvalue weighted by atomic mass is 9.99. The number of carbonyl (C=O) groups excluding carboxylic acids is 2. The van der Waals surface area contributed by atoms with E-state index in [0.717, 1.165) is 51.7 Å². The summed E-state index contributed by atoms with van der Waals surface area (Å²) in [6.45, 7) is 4.46. The van der Waals surface area contributed by atoms with Crippen molar-refractivity contribution in [3.63, 3.8) is 0 Å². The molecule has 5 nitrogen and oxygen atoms in total. The first-order valence-electron chi connectivity index (χ1n) is 7.77. The van der Waals surface area contributed by atoms with E-state index in [4.69, 9.17) is 4.74 Å². The number of rotatable bonds is 3. The van der Waals surface area contributed by atoms with Gasteiger partial charge in [-0.2, -0.15) is 0 Å². The highest BCUT2D eigenvalue weighted by molar-refractivity contribution is 5.83. The maximum atomic E-state index is 12.6. The summed E-state index contributed by atoms with van der Waals surface area (Å²) in [4.78, 5) is 28.5. The minimum atomic E-state index is -0.252. The molecule has 0 aromatic heterocycles.